The number of carbonyl (C=O) groups is 2. The van der Waals surface area contributed by atoms with Gasteiger partial charge < -0.3 is 9.90 Å². The fourth-order valence-corrected chi connectivity index (χ4v) is 0.245. The van der Waals surface area contributed by atoms with Crippen molar-refractivity contribution >= 4 is 12.3 Å². The Morgan fingerprint density at radius 2 is 2.38 bits per heavy atom. The molecule has 0 saturated carbocycles. The zero-order chi connectivity index (χ0) is 6.57. The van der Waals surface area contributed by atoms with Crippen molar-refractivity contribution in [3.8, 4) is 0 Å². The van der Waals surface area contributed by atoms with Crippen LogP contribution in [0.1, 0.15) is 13.3 Å². The van der Waals surface area contributed by atoms with E-state index >= 15 is 0 Å². The van der Waals surface area contributed by atoms with Gasteiger partial charge in [-0.05, 0) is 0 Å². The summed E-state index contributed by atoms with van der Waals surface area (Å²) in [6.07, 6.45) is 0.716. The van der Waals surface area contributed by atoms with Gasteiger partial charge >= 0.3 is 5.97 Å². The van der Waals surface area contributed by atoms with E-state index in [4.69, 9.17) is 5.11 Å². The number of hydrogen-bond donors (Lipinski definition) is 1. The van der Waals surface area contributed by atoms with Crippen molar-refractivity contribution in [2.45, 2.75) is 13.3 Å². The minimum Gasteiger partial charge on any atom is -0.481 e. The van der Waals surface area contributed by atoms with Crippen LogP contribution < -0.4 is 0 Å². The molecular weight excluding hydrogens is 108 g/mol. The molecule has 0 aromatic heterocycles. The van der Waals surface area contributed by atoms with E-state index in [9.17, 15) is 9.59 Å². The highest BCUT2D eigenvalue weighted by Gasteiger charge is 2.07. The summed E-state index contributed by atoms with van der Waals surface area (Å²) in [4.78, 5) is 19.6. The first-order chi connectivity index (χ1) is 3.68. The lowest BCUT2D eigenvalue weighted by atomic mass is 10.1. The topological polar surface area (TPSA) is 54.4 Å². The molecule has 3 nitrogen and oxygen atoms in total. The number of aldehydes is 1. The van der Waals surface area contributed by atoms with Gasteiger partial charge in [0.25, 0.3) is 0 Å². The largest absolute Gasteiger partial charge is 0.481 e. The maximum absolute atomic E-state index is 9.93. The number of aliphatic carboxylic acids is 1. The van der Waals surface area contributed by atoms with Crippen LogP contribution in [0.25, 0.3) is 0 Å². The monoisotopic (exact) mass is 116 g/mol. The van der Waals surface area contributed by atoms with Crippen LogP contribution in [0.15, 0.2) is 0 Å². The molecule has 3 heteroatoms. The van der Waals surface area contributed by atoms with E-state index in [1.807, 2.05) is 0 Å². The molecule has 0 rings (SSSR count). The Balaban J connectivity index is 3.46. The smallest absolute Gasteiger partial charge is 0.306 e. The molecular formula is C5H8O3. The van der Waals surface area contributed by atoms with Crippen LogP contribution in [0.2, 0.25) is 0 Å². The third-order valence-corrected chi connectivity index (χ3v) is 0.871. The molecule has 1 N–H and O–H groups in total. The van der Waals surface area contributed by atoms with Crippen LogP contribution in [-0.4, -0.2) is 17.4 Å². The lowest BCUT2D eigenvalue weighted by molar-refractivity contribution is -0.142. The predicted octanol–water partition coefficient (Wildman–Crippen LogP) is 0.296. The van der Waals surface area contributed by atoms with Crippen LogP contribution in [0, 0.1) is 5.92 Å². The zero-order valence-electron chi connectivity index (χ0n) is 4.63. The fourth-order valence-electron chi connectivity index (χ4n) is 0.245. The summed E-state index contributed by atoms with van der Waals surface area (Å²) >= 11 is 0. The molecule has 0 aliphatic heterocycles. The molecule has 0 heterocycles. The van der Waals surface area contributed by atoms with E-state index in [1.54, 1.807) is 0 Å². The summed E-state index contributed by atoms with van der Waals surface area (Å²) in [7, 11) is 0. The Labute approximate surface area is 47.3 Å². The first-order valence-corrected chi connectivity index (χ1v) is 2.35. The van der Waals surface area contributed by atoms with Crippen molar-refractivity contribution in [2.24, 2.45) is 5.92 Å². The van der Waals surface area contributed by atoms with E-state index < -0.39 is 11.9 Å². The van der Waals surface area contributed by atoms with Crippen molar-refractivity contribution in [3.63, 3.8) is 0 Å². The fraction of sp³-hybridized carbons (Fsp3) is 0.600. The predicted molar refractivity (Wildman–Crippen MR) is 27.5 cm³/mol. The molecule has 0 aliphatic carbocycles. The molecule has 8 heavy (non-hydrogen) atoms. The van der Waals surface area contributed by atoms with Crippen molar-refractivity contribution < 1.29 is 14.7 Å². The molecule has 0 aromatic rings. The molecule has 1 unspecified atom stereocenters. The van der Waals surface area contributed by atoms with E-state index in [0.29, 0.717) is 6.29 Å². The Kier molecular flexibility index (Phi) is 2.84. The molecule has 0 amide bonds. The van der Waals surface area contributed by atoms with Gasteiger partial charge in [-0.15, -0.1) is 0 Å². The van der Waals surface area contributed by atoms with E-state index in [2.05, 4.69) is 0 Å². The summed E-state index contributed by atoms with van der Waals surface area (Å²) in [5.74, 6) is -1.45. The highest BCUT2D eigenvalue weighted by molar-refractivity contribution is 5.72. The standard InChI is InChI=1S/C5H8O3/c1-4(2-3-6)5(7)8/h3-4H,2H2,1H3,(H,7,8). The second-order valence-electron chi connectivity index (χ2n) is 1.64. The van der Waals surface area contributed by atoms with Crippen LogP contribution in [0.5, 0.6) is 0 Å². The minimum absolute atomic E-state index is 0.106. The Morgan fingerprint density at radius 3 is 2.50 bits per heavy atom. The number of rotatable bonds is 3. The molecule has 0 radical (unpaired) electrons. The van der Waals surface area contributed by atoms with Gasteiger partial charge in [-0.3, -0.25) is 4.79 Å². The number of carbonyl (C=O) groups excluding carboxylic acids is 1. The normalized spacial score (nSPS) is 12.6. The van der Waals surface area contributed by atoms with Crippen molar-refractivity contribution in [3.05, 3.63) is 0 Å². The second-order valence-corrected chi connectivity index (χ2v) is 1.64. The zero-order valence-corrected chi connectivity index (χ0v) is 4.63. The minimum atomic E-state index is -0.919. The molecule has 0 fully saturated rings. The van der Waals surface area contributed by atoms with Gasteiger partial charge in [0.2, 0.25) is 0 Å². The molecule has 0 bridgehead atoms. The van der Waals surface area contributed by atoms with Crippen LogP contribution in [-0.2, 0) is 9.59 Å². The SMILES string of the molecule is CC(CC=O)C(=O)O. The van der Waals surface area contributed by atoms with Gasteiger partial charge in [-0.25, -0.2) is 0 Å². The second kappa shape index (κ2) is 3.18. The van der Waals surface area contributed by atoms with Gasteiger partial charge in [0, 0.05) is 6.42 Å². The molecule has 0 aliphatic rings. The lowest BCUT2D eigenvalue weighted by Gasteiger charge is -1.95. The van der Waals surface area contributed by atoms with Gasteiger partial charge in [0.1, 0.15) is 6.29 Å². The number of carboxylic acids is 1. The van der Waals surface area contributed by atoms with Crippen LogP contribution >= 0.6 is 0 Å². The number of carboxylic acid groups (broad SMARTS) is 1. The first-order valence-electron chi connectivity index (χ1n) is 2.35. The molecule has 0 saturated heterocycles. The Morgan fingerprint density at radius 1 is 1.88 bits per heavy atom. The number of hydrogen-bond acceptors (Lipinski definition) is 2. The van der Waals surface area contributed by atoms with E-state index in [1.165, 1.54) is 6.92 Å². The highest BCUT2D eigenvalue weighted by Crippen LogP contribution is 1.96. The third-order valence-electron chi connectivity index (χ3n) is 0.871. The van der Waals surface area contributed by atoms with Crippen LogP contribution in [0.3, 0.4) is 0 Å². The summed E-state index contributed by atoms with van der Waals surface area (Å²) in [5, 5.41) is 8.15. The third kappa shape index (κ3) is 2.34. The maximum atomic E-state index is 9.93. The maximum Gasteiger partial charge on any atom is 0.306 e. The van der Waals surface area contributed by atoms with Gasteiger partial charge in [-0.2, -0.15) is 0 Å². The molecule has 46 valence electrons. The summed E-state index contributed by atoms with van der Waals surface area (Å²) in [5.41, 5.74) is 0. The van der Waals surface area contributed by atoms with E-state index in [-0.39, 0.29) is 6.42 Å². The molecule has 1 atom stereocenters. The Hall–Kier alpha value is -0.860. The molecule has 0 aromatic carbocycles. The van der Waals surface area contributed by atoms with Gasteiger partial charge in [0.05, 0.1) is 5.92 Å². The average molecular weight is 116 g/mol. The van der Waals surface area contributed by atoms with E-state index in [0.717, 1.165) is 0 Å². The quantitative estimate of drug-likeness (QED) is 0.539. The summed E-state index contributed by atoms with van der Waals surface area (Å²) < 4.78 is 0. The Bertz CT molecular complexity index is 97.8. The average Bonchev–Trinajstić information content (AvgIpc) is 1.67. The first kappa shape index (κ1) is 7.14. The van der Waals surface area contributed by atoms with Crippen molar-refractivity contribution in [1.29, 1.82) is 0 Å². The summed E-state index contributed by atoms with van der Waals surface area (Å²) in [6.45, 7) is 1.50. The van der Waals surface area contributed by atoms with Gasteiger partial charge in [-0.1, -0.05) is 6.92 Å². The lowest BCUT2D eigenvalue weighted by Crippen LogP contribution is -2.09. The van der Waals surface area contributed by atoms with Gasteiger partial charge in [0.15, 0.2) is 0 Å². The summed E-state index contributed by atoms with van der Waals surface area (Å²) in [6, 6.07) is 0. The highest BCUT2D eigenvalue weighted by atomic mass is 16.4. The van der Waals surface area contributed by atoms with Crippen molar-refractivity contribution in [2.75, 3.05) is 0 Å². The molecule has 0 spiro atoms. The van der Waals surface area contributed by atoms with Crippen LogP contribution in [0.4, 0.5) is 0 Å². The van der Waals surface area contributed by atoms with Crippen molar-refractivity contribution in [1.82, 2.24) is 0 Å².